The molecule has 0 unspecified atom stereocenters. The van der Waals surface area contributed by atoms with Crippen molar-refractivity contribution in [1.29, 1.82) is 5.26 Å². The molecule has 1 fully saturated rings. The van der Waals surface area contributed by atoms with E-state index in [0.29, 0.717) is 22.3 Å². The van der Waals surface area contributed by atoms with Gasteiger partial charge in [0.25, 0.3) is 11.5 Å². The minimum absolute atomic E-state index is 0.0272. The summed E-state index contributed by atoms with van der Waals surface area (Å²) in [6.07, 6.45) is 3.69. The number of carbonyl (C=O) groups excluding carboxylic acids is 1. The first-order chi connectivity index (χ1) is 15.0. The van der Waals surface area contributed by atoms with Crippen molar-refractivity contribution < 1.29 is 4.79 Å². The van der Waals surface area contributed by atoms with Crippen molar-refractivity contribution in [1.82, 2.24) is 9.47 Å². The van der Waals surface area contributed by atoms with Crippen LogP contribution in [0.2, 0.25) is 0 Å². The largest absolute Gasteiger partial charge is 0.338 e. The van der Waals surface area contributed by atoms with Crippen molar-refractivity contribution in [3.63, 3.8) is 0 Å². The highest BCUT2D eigenvalue weighted by Gasteiger charge is 2.25. The van der Waals surface area contributed by atoms with Crippen LogP contribution in [0.25, 0.3) is 17.3 Å². The molecule has 3 aromatic rings. The highest BCUT2D eigenvalue weighted by molar-refractivity contribution is 7.07. The van der Waals surface area contributed by atoms with Crippen LogP contribution in [0.15, 0.2) is 53.3 Å². The smallest absolute Gasteiger partial charge is 0.273 e. The Labute approximate surface area is 184 Å². The summed E-state index contributed by atoms with van der Waals surface area (Å²) < 4.78 is 2.44. The number of carbonyl (C=O) groups is 1. The molecule has 0 aliphatic carbocycles. The summed E-state index contributed by atoms with van der Waals surface area (Å²) in [4.78, 5) is 28.4. The van der Waals surface area contributed by atoms with Crippen molar-refractivity contribution >= 4 is 28.9 Å². The maximum absolute atomic E-state index is 13.6. The van der Waals surface area contributed by atoms with Crippen LogP contribution in [0.3, 0.4) is 0 Å². The lowest BCUT2D eigenvalue weighted by molar-refractivity contribution is -0.123. The molecule has 2 heterocycles. The normalized spacial score (nSPS) is 15.1. The Balaban J connectivity index is 2.08. The SMILES string of the molecule is Cc1cccc(C)c1-n1c(=O)/c(=C\c2ccccc2)s/c1=C(/C#N)C(=O)N1CCCC1. The number of nitrogens with zero attached hydrogens (tertiary/aromatic N) is 3. The first-order valence-electron chi connectivity index (χ1n) is 10.3. The molecule has 156 valence electrons. The summed E-state index contributed by atoms with van der Waals surface area (Å²) in [6.45, 7) is 5.16. The number of aromatic nitrogens is 1. The number of nitriles is 1. The predicted octanol–water partition coefficient (Wildman–Crippen LogP) is 2.64. The molecule has 1 aliphatic heterocycles. The second-order valence-corrected chi connectivity index (χ2v) is 8.72. The van der Waals surface area contributed by atoms with Gasteiger partial charge < -0.3 is 4.90 Å². The van der Waals surface area contributed by atoms with Gasteiger partial charge in [-0.25, -0.2) is 0 Å². The van der Waals surface area contributed by atoms with Gasteiger partial charge in [-0.1, -0.05) is 48.5 Å². The molecule has 0 radical (unpaired) electrons. The van der Waals surface area contributed by atoms with E-state index in [9.17, 15) is 14.9 Å². The van der Waals surface area contributed by atoms with Gasteiger partial charge in [0.2, 0.25) is 0 Å². The van der Waals surface area contributed by atoms with E-state index in [1.54, 1.807) is 9.47 Å². The Morgan fingerprint density at radius 1 is 1.03 bits per heavy atom. The summed E-state index contributed by atoms with van der Waals surface area (Å²) >= 11 is 1.20. The number of amides is 1. The average molecular weight is 430 g/mol. The van der Waals surface area contributed by atoms with E-state index in [2.05, 4.69) is 6.07 Å². The lowest BCUT2D eigenvalue weighted by atomic mass is 10.1. The minimum Gasteiger partial charge on any atom is -0.338 e. The van der Waals surface area contributed by atoms with Gasteiger partial charge in [-0.2, -0.15) is 5.26 Å². The molecule has 2 aromatic carbocycles. The quantitative estimate of drug-likeness (QED) is 0.643. The molecule has 1 amide bonds. The van der Waals surface area contributed by atoms with E-state index < -0.39 is 0 Å². The van der Waals surface area contributed by atoms with Crippen LogP contribution >= 0.6 is 11.3 Å². The lowest BCUT2D eigenvalue weighted by Gasteiger charge is -2.15. The summed E-state index contributed by atoms with van der Waals surface area (Å²) in [5, 5.41) is 9.96. The maximum Gasteiger partial charge on any atom is 0.273 e. The molecule has 5 nitrogen and oxygen atoms in total. The van der Waals surface area contributed by atoms with Crippen molar-refractivity contribution in [2.45, 2.75) is 26.7 Å². The van der Waals surface area contributed by atoms with E-state index in [-0.39, 0.29) is 17.0 Å². The van der Waals surface area contributed by atoms with E-state index >= 15 is 0 Å². The molecule has 4 rings (SSSR count). The number of para-hydroxylation sites is 1. The summed E-state index contributed by atoms with van der Waals surface area (Å²) in [5.74, 6) is -0.299. The van der Waals surface area contributed by atoms with Gasteiger partial charge in [0, 0.05) is 13.1 Å². The lowest BCUT2D eigenvalue weighted by Crippen LogP contribution is -2.35. The highest BCUT2D eigenvalue weighted by Crippen LogP contribution is 2.17. The van der Waals surface area contributed by atoms with E-state index in [1.165, 1.54) is 11.3 Å². The van der Waals surface area contributed by atoms with Crippen LogP contribution in [0.5, 0.6) is 0 Å². The summed E-state index contributed by atoms with van der Waals surface area (Å²) in [7, 11) is 0. The third-order valence-corrected chi connectivity index (χ3v) is 6.61. The van der Waals surface area contributed by atoms with Gasteiger partial charge >= 0.3 is 0 Å². The molecule has 1 aliphatic rings. The molecule has 1 saturated heterocycles. The van der Waals surface area contributed by atoms with Crippen molar-refractivity contribution in [2.24, 2.45) is 0 Å². The fourth-order valence-corrected chi connectivity index (χ4v) is 5.06. The molecule has 31 heavy (non-hydrogen) atoms. The zero-order valence-corrected chi connectivity index (χ0v) is 18.4. The number of hydrogen-bond acceptors (Lipinski definition) is 4. The zero-order chi connectivity index (χ0) is 22.0. The Morgan fingerprint density at radius 3 is 2.29 bits per heavy atom. The molecular formula is C25H23N3O2S. The van der Waals surface area contributed by atoms with Gasteiger partial charge in [-0.15, -0.1) is 11.3 Å². The highest BCUT2D eigenvalue weighted by atomic mass is 32.1. The number of thiazole rings is 1. The Morgan fingerprint density at radius 2 is 1.68 bits per heavy atom. The Bertz CT molecular complexity index is 1330. The number of rotatable bonds is 3. The number of likely N-dealkylation sites (tertiary alicyclic amines) is 1. The van der Waals surface area contributed by atoms with E-state index in [4.69, 9.17) is 0 Å². The van der Waals surface area contributed by atoms with Gasteiger partial charge in [-0.3, -0.25) is 14.2 Å². The van der Waals surface area contributed by atoms with E-state index in [0.717, 1.165) is 35.2 Å². The van der Waals surface area contributed by atoms with Gasteiger partial charge in [0.1, 0.15) is 10.7 Å². The third-order valence-electron chi connectivity index (χ3n) is 5.52. The molecule has 6 heteroatoms. The fraction of sp³-hybridized carbons (Fsp3) is 0.240. The average Bonchev–Trinajstić information content (AvgIpc) is 3.40. The van der Waals surface area contributed by atoms with Crippen LogP contribution in [0.4, 0.5) is 0 Å². The molecule has 0 bridgehead atoms. The number of benzene rings is 2. The second-order valence-electron chi connectivity index (χ2n) is 7.69. The third kappa shape index (κ3) is 3.97. The molecule has 0 saturated carbocycles. The van der Waals surface area contributed by atoms with Crippen LogP contribution < -0.4 is 14.8 Å². The van der Waals surface area contributed by atoms with Crippen molar-refractivity contribution in [3.05, 3.63) is 84.8 Å². The van der Waals surface area contributed by atoms with Crippen LogP contribution in [0.1, 0.15) is 29.5 Å². The summed E-state index contributed by atoms with van der Waals surface area (Å²) in [5.41, 5.74) is 3.26. The monoisotopic (exact) mass is 429 g/mol. The van der Waals surface area contributed by atoms with Crippen LogP contribution in [0, 0.1) is 25.2 Å². The zero-order valence-electron chi connectivity index (χ0n) is 17.6. The number of hydrogen-bond donors (Lipinski definition) is 0. The standard InChI is InChI=1S/C25H23N3O2S/c1-17-9-8-10-18(2)22(17)28-24(30)21(15-19-11-4-3-5-12-19)31-25(28)20(16-26)23(29)27-13-6-7-14-27/h3-5,8-12,15H,6-7,13-14H2,1-2H3/b21-15+,25-20-. The van der Waals surface area contributed by atoms with Gasteiger partial charge in [-0.05, 0) is 49.5 Å². The second kappa shape index (κ2) is 8.75. The first-order valence-corrected chi connectivity index (χ1v) is 11.1. The Kier molecular flexibility index (Phi) is 5.88. The van der Waals surface area contributed by atoms with Gasteiger partial charge in [0.05, 0.1) is 10.2 Å². The van der Waals surface area contributed by atoms with Crippen molar-refractivity contribution in [2.75, 3.05) is 13.1 Å². The molecular weight excluding hydrogens is 406 g/mol. The first kappa shape index (κ1) is 20.8. The fourth-order valence-electron chi connectivity index (χ4n) is 3.98. The molecule has 1 aromatic heterocycles. The topological polar surface area (TPSA) is 66.1 Å². The van der Waals surface area contributed by atoms with Gasteiger partial charge in [0.15, 0.2) is 5.57 Å². The maximum atomic E-state index is 13.6. The van der Waals surface area contributed by atoms with Crippen LogP contribution in [-0.2, 0) is 4.79 Å². The van der Waals surface area contributed by atoms with Crippen LogP contribution in [-0.4, -0.2) is 28.5 Å². The summed E-state index contributed by atoms with van der Waals surface area (Å²) in [6, 6.07) is 17.5. The van der Waals surface area contributed by atoms with E-state index in [1.807, 2.05) is 68.5 Å². The predicted molar refractivity (Wildman–Crippen MR) is 123 cm³/mol. The molecule has 0 spiro atoms. The van der Waals surface area contributed by atoms with Crippen molar-refractivity contribution in [3.8, 4) is 11.8 Å². The number of aryl methyl sites for hydroxylation is 2. The minimum atomic E-state index is -0.299. The Hall–Kier alpha value is -3.43. The molecule has 0 atom stereocenters. The molecule has 0 N–H and O–H groups in total.